The van der Waals surface area contributed by atoms with Crippen LogP contribution >= 0.6 is 0 Å². The van der Waals surface area contributed by atoms with Gasteiger partial charge >= 0.3 is 0 Å². The lowest BCUT2D eigenvalue weighted by atomic mass is 9.97. The van der Waals surface area contributed by atoms with E-state index in [0.717, 1.165) is 17.4 Å². The first-order valence-electron chi connectivity index (χ1n) is 6.71. The summed E-state index contributed by atoms with van der Waals surface area (Å²) in [6.45, 7) is 4.06. The molecule has 0 heterocycles. The zero-order valence-corrected chi connectivity index (χ0v) is 12.0. The first-order chi connectivity index (χ1) is 10.1. The Bertz CT molecular complexity index is 614. The first-order valence-corrected chi connectivity index (χ1v) is 6.71. The maximum atomic E-state index is 14.0. The Morgan fingerprint density at radius 2 is 1.81 bits per heavy atom. The molecule has 0 aliphatic heterocycles. The van der Waals surface area contributed by atoms with Crippen molar-refractivity contribution in [3.8, 4) is 5.75 Å². The van der Waals surface area contributed by atoms with Crippen LogP contribution in [0.3, 0.4) is 0 Å². The molecule has 0 aromatic heterocycles. The molecule has 1 unspecified atom stereocenters. The van der Waals surface area contributed by atoms with E-state index < -0.39 is 17.7 Å². The lowest BCUT2D eigenvalue weighted by Crippen LogP contribution is -2.29. The molecule has 0 aliphatic carbocycles. The van der Waals surface area contributed by atoms with Gasteiger partial charge in [-0.25, -0.2) is 14.2 Å². The highest BCUT2D eigenvalue weighted by atomic mass is 19.1. The Labute approximate surface area is 122 Å². The van der Waals surface area contributed by atoms with Crippen molar-refractivity contribution >= 4 is 0 Å². The summed E-state index contributed by atoms with van der Waals surface area (Å²) < 4.78 is 32.7. The predicted octanol–water partition coefficient (Wildman–Crippen LogP) is 3.22. The van der Waals surface area contributed by atoms with Gasteiger partial charge in [-0.3, -0.25) is 5.84 Å². The average Bonchev–Trinajstić information content (AvgIpc) is 2.47. The first kappa shape index (κ1) is 15.4. The molecule has 0 spiro atoms. The van der Waals surface area contributed by atoms with Crippen LogP contribution in [0.15, 0.2) is 36.4 Å². The molecule has 21 heavy (non-hydrogen) atoms. The van der Waals surface area contributed by atoms with E-state index in [-0.39, 0.29) is 0 Å². The molecule has 112 valence electrons. The van der Waals surface area contributed by atoms with Crippen molar-refractivity contribution in [2.75, 3.05) is 6.61 Å². The van der Waals surface area contributed by atoms with Crippen LogP contribution in [0.2, 0.25) is 0 Å². The van der Waals surface area contributed by atoms with Gasteiger partial charge in [0.25, 0.3) is 0 Å². The maximum Gasteiger partial charge on any atom is 0.131 e. The van der Waals surface area contributed by atoms with Gasteiger partial charge in [0.15, 0.2) is 0 Å². The molecular formula is C16H18F2N2O. The van der Waals surface area contributed by atoms with Crippen molar-refractivity contribution in [3.05, 3.63) is 64.7 Å². The van der Waals surface area contributed by atoms with Crippen LogP contribution in [-0.2, 0) is 0 Å². The van der Waals surface area contributed by atoms with Crippen molar-refractivity contribution in [2.45, 2.75) is 19.9 Å². The number of rotatable bonds is 5. The van der Waals surface area contributed by atoms with Gasteiger partial charge in [-0.1, -0.05) is 12.1 Å². The van der Waals surface area contributed by atoms with Crippen LogP contribution in [0.4, 0.5) is 8.78 Å². The molecule has 0 amide bonds. The standard InChI is InChI=1S/C16H18F2N2O/c1-3-21-12-6-4-11(5-7-12)16(20-19)13-8-10(2)14(17)9-15(13)18/h4-9,16,20H,3,19H2,1-2H3. The normalized spacial score (nSPS) is 12.2. The zero-order chi connectivity index (χ0) is 15.4. The van der Waals surface area contributed by atoms with Crippen molar-refractivity contribution in [1.82, 2.24) is 5.43 Å². The molecule has 0 aliphatic rings. The lowest BCUT2D eigenvalue weighted by Gasteiger charge is -2.19. The van der Waals surface area contributed by atoms with Gasteiger partial charge in [0, 0.05) is 11.6 Å². The van der Waals surface area contributed by atoms with Gasteiger partial charge in [-0.2, -0.15) is 0 Å². The summed E-state index contributed by atoms with van der Waals surface area (Å²) in [6, 6.07) is 8.96. The summed E-state index contributed by atoms with van der Waals surface area (Å²) in [4.78, 5) is 0. The SMILES string of the molecule is CCOc1ccc(C(NN)c2cc(C)c(F)cc2F)cc1. The van der Waals surface area contributed by atoms with Crippen LogP contribution in [0.25, 0.3) is 0 Å². The Balaban J connectivity index is 2.37. The average molecular weight is 292 g/mol. The number of hydrazine groups is 1. The van der Waals surface area contributed by atoms with E-state index in [2.05, 4.69) is 5.43 Å². The van der Waals surface area contributed by atoms with Crippen LogP contribution in [0, 0.1) is 18.6 Å². The molecule has 5 heteroatoms. The van der Waals surface area contributed by atoms with E-state index >= 15 is 0 Å². The van der Waals surface area contributed by atoms with Crippen LogP contribution in [0.5, 0.6) is 5.75 Å². The lowest BCUT2D eigenvalue weighted by molar-refractivity contribution is 0.340. The molecule has 0 saturated heterocycles. The Hall–Kier alpha value is -1.98. The molecule has 0 radical (unpaired) electrons. The molecule has 2 aromatic carbocycles. The molecular weight excluding hydrogens is 274 g/mol. The van der Waals surface area contributed by atoms with E-state index in [1.165, 1.54) is 6.07 Å². The highest BCUT2D eigenvalue weighted by molar-refractivity contribution is 5.37. The number of benzene rings is 2. The van der Waals surface area contributed by atoms with Gasteiger partial charge in [-0.05, 0) is 43.2 Å². The molecule has 1 atom stereocenters. The fourth-order valence-electron chi connectivity index (χ4n) is 2.19. The van der Waals surface area contributed by atoms with Gasteiger partial charge in [0.2, 0.25) is 0 Å². The summed E-state index contributed by atoms with van der Waals surface area (Å²) >= 11 is 0. The molecule has 0 bridgehead atoms. The zero-order valence-electron chi connectivity index (χ0n) is 12.0. The molecule has 3 N–H and O–H groups in total. The van der Waals surface area contributed by atoms with Crippen molar-refractivity contribution in [3.63, 3.8) is 0 Å². The maximum absolute atomic E-state index is 14.0. The van der Waals surface area contributed by atoms with E-state index in [1.54, 1.807) is 31.2 Å². The van der Waals surface area contributed by atoms with Gasteiger partial charge < -0.3 is 4.74 Å². The third kappa shape index (κ3) is 3.37. The summed E-state index contributed by atoms with van der Waals surface area (Å²) in [5, 5.41) is 0. The Kier molecular flexibility index (Phi) is 4.88. The number of halogens is 2. The largest absolute Gasteiger partial charge is 0.494 e. The summed E-state index contributed by atoms with van der Waals surface area (Å²) in [7, 11) is 0. The van der Waals surface area contributed by atoms with Crippen molar-refractivity contribution < 1.29 is 13.5 Å². The summed E-state index contributed by atoms with van der Waals surface area (Å²) in [6.07, 6.45) is 0. The van der Waals surface area contributed by atoms with Gasteiger partial charge in [-0.15, -0.1) is 0 Å². The number of hydrogen-bond donors (Lipinski definition) is 2. The molecule has 2 aromatic rings. The smallest absolute Gasteiger partial charge is 0.131 e. The van der Waals surface area contributed by atoms with Crippen LogP contribution < -0.4 is 16.0 Å². The second kappa shape index (κ2) is 6.65. The third-order valence-electron chi connectivity index (χ3n) is 3.28. The van der Waals surface area contributed by atoms with E-state index in [9.17, 15) is 8.78 Å². The highest BCUT2D eigenvalue weighted by Gasteiger charge is 2.18. The topological polar surface area (TPSA) is 47.3 Å². The number of nitrogens with two attached hydrogens (primary N) is 1. The minimum absolute atomic E-state index is 0.306. The second-order valence-electron chi connectivity index (χ2n) is 4.72. The van der Waals surface area contributed by atoms with Gasteiger partial charge in [0.1, 0.15) is 17.4 Å². The van der Waals surface area contributed by atoms with Gasteiger partial charge in [0.05, 0.1) is 12.6 Å². The fourth-order valence-corrected chi connectivity index (χ4v) is 2.19. The monoisotopic (exact) mass is 292 g/mol. The Morgan fingerprint density at radius 3 is 2.38 bits per heavy atom. The Morgan fingerprint density at radius 1 is 1.14 bits per heavy atom. The quantitative estimate of drug-likeness (QED) is 0.657. The summed E-state index contributed by atoms with van der Waals surface area (Å²) in [5.41, 5.74) is 4.02. The summed E-state index contributed by atoms with van der Waals surface area (Å²) in [5.74, 6) is 5.08. The second-order valence-corrected chi connectivity index (χ2v) is 4.72. The molecule has 0 fully saturated rings. The molecule has 0 saturated carbocycles. The van der Waals surface area contributed by atoms with Crippen molar-refractivity contribution in [2.24, 2.45) is 5.84 Å². The fraction of sp³-hybridized carbons (Fsp3) is 0.250. The van der Waals surface area contributed by atoms with Crippen LogP contribution in [0.1, 0.15) is 29.7 Å². The van der Waals surface area contributed by atoms with E-state index in [1.807, 2.05) is 6.92 Å². The number of nitrogens with one attached hydrogen (secondary N) is 1. The molecule has 3 nitrogen and oxygen atoms in total. The predicted molar refractivity (Wildman–Crippen MR) is 77.9 cm³/mol. The van der Waals surface area contributed by atoms with E-state index in [4.69, 9.17) is 10.6 Å². The van der Waals surface area contributed by atoms with Crippen LogP contribution in [-0.4, -0.2) is 6.61 Å². The van der Waals surface area contributed by atoms with Crippen molar-refractivity contribution in [1.29, 1.82) is 0 Å². The number of hydrogen-bond acceptors (Lipinski definition) is 3. The molecule has 2 rings (SSSR count). The van der Waals surface area contributed by atoms with E-state index in [0.29, 0.717) is 17.7 Å². The minimum Gasteiger partial charge on any atom is -0.494 e. The third-order valence-corrected chi connectivity index (χ3v) is 3.28. The minimum atomic E-state index is -0.630. The highest BCUT2D eigenvalue weighted by Crippen LogP contribution is 2.27. The number of ether oxygens (including phenoxy) is 1. The number of aryl methyl sites for hydroxylation is 1.